The summed E-state index contributed by atoms with van der Waals surface area (Å²) in [5.41, 5.74) is 2.07. The summed E-state index contributed by atoms with van der Waals surface area (Å²) in [6, 6.07) is 8.78. The van der Waals surface area contributed by atoms with Crippen LogP contribution in [0.25, 0.3) is 0 Å². The van der Waals surface area contributed by atoms with Crippen LogP contribution >= 0.6 is 11.8 Å². The summed E-state index contributed by atoms with van der Waals surface area (Å²) in [6.07, 6.45) is 4.89. The highest BCUT2D eigenvalue weighted by atomic mass is 32.2. The predicted octanol–water partition coefficient (Wildman–Crippen LogP) is 4.49. The van der Waals surface area contributed by atoms with Crippen molar-refractivity contribution in [2.75, 3.05) is 6.26 Å². The first-order valence-electron chi connectivity index (χ1n) is 5.40. The normalized spacial score (nSPS) is 16.9. The van der Waals surface area contributed by atoms with Gasteiger partial charge in [-0.05, 0) is 36.1 Å². The molecule has 14 heavy (non-hydrogen) atoms. The molecule has 0 spiro atoms. The van der Waals surface area contributed by atoms with Gasteiger partial charge in [-0.25, -0.2) is 0 Å². The third kappa shape index (κ3) is 2.33. The minimum absolute atomic E-state index is 0.513. The van der Waals surface area contributed by atoms with E-state index < -0.39 is 0 Å². The van der Waals surface area contributed by atoms with Gasteiger partial charge < -0.3 is 0 Å². The van der Waals surface area contributed by atoms with Gasteiger partial charge in [-0.15, -0.1) is 11.8 Å². The molecule has 0 atom stereocenters. The molecular formula is C13H20S. The Morgan fingerprint density at radius 1 is 1.14 bits per heavy atom. The molecule has 0 aliphatic heterocycles. The Balaban J connectivity index is 0.000000461. The van der Waals surface area contributed by atoms with Crippen LogP contribution in [0.1, 0.15) is 39.2 Å². The average Bonchev–Trinajstić information content (AvgIpc) is 3.01. The highest BCUT2D eigenvalue weighted by molar-refractivity contribution is 7.98. The fraction of sp³-hybridized carbons (Fsp3) is 0.538. The van der Waals surface area contributed by atoms with Gasteiger partial charge in [-0.1, -0.05) is 39.0 Å². The zero-order valence-electron chi connectivity index (χ0n) is 9.63. The molecule has 1 aromatic carbocycles. The maximum Gasteiger partial charge on any atom is 0.0107 e. The first-order chi connectivity index (χ1) is 6.76. The van der Waals surface area contributed by atoms with Crippen LogP contribution in [0.4, 0.5) is 0 Å². The van der Waals surface area contributed by atoms with E-state index in [9.17, 15) is 0 Å². The molecule has 1 aliphatic rings. The van der Waals surface area contributed by atoms with Crippen molar-refractivity contribution >= 4 is 11.8 Å². The van der Waals surface area contributed by atoms with Crippen LogP contribution in [0.5, 0.6) is 0 Å². The first-order valence-corrected chi connectivity index (χ1v) is 6.62. The summed E-state index contributed by atoms with van der Waals surface area (Å²) in [5, 5.41) is 0. The molecule has 1 heteroatoms. The summed E-state index contributed by atoms with van der Waals surface area (Å²) in [4.78, 5) is 1.46. The fourth-order valence-electron chi connectivity index (χ4n) is 1.60. The molecule has 0 nitrogen and oxygen atoms in total. The van der Waals surface area contributed by atoms with Crippen LogP contribution in [0.3, 0.4) is 0 Å². The van der Waals surface area contributed by atoms with Crippen molar-refractivity contribution in [3.63, 3.8) is 0 Å². The monoisotopic (exact) mass is 208 g/mol. The quantitative estimate of drug-likeness (QED) is 0.645. The minimum atomic E-state index is 0.513. The Morgan fingerprint density at radius 2 is 1.71 bits per heavy atom. The number of benzene rings is 1. The average molecular weight is 208 g/mol. The van der Waals surface area contributed by atoms with Gasteiger partial charge in [-0.3, -0.25) is 0 Å². The van der Waals surface area contributed by atoms with E-state index in [0.717, 1.165) is 0 Å². The summed E-state index contributed by atoms with van der Waals surface area (Å²) >= 11 is 1.86. The lowest BCUT2D eigenvalue weighted by atomic mass is 9.99. The van der Waals surface area contributed by atoms with Crippen molar-refractivity contribution in [3.8, 4) is 0 Å². The summed E-state index contributed by atoms with van der Waals surface area (Å²) in [7, 11) is 0. The summed E-state index contributed by atoms with van der Waals surface area (Å²) in [6.45, 7) is 6.36. The van der Waals surface area contributed by atoms with Crippen LogP contribution in [0, 0.1) is 0 Å². The van der Waals surface area contributed by atoms with E-state index in [1.54, 1.807) is 5.56 Å². The maximum absolute atomic E-state index is 2.36. The van der Waals surface area contributed by atoms with Crippen LogP contribution in [-0.2, 0) is 5.41 Å². The molecule has 2 rings (SSSR count). The fourth-order valence-corrected chi connectivity index (χ4v) is 2.35. The molecule has 0 N–H and O–H groups in total. The van der Waals surface area contributed by atoms with Crippen LogP contribution in [-0.4, -0.2) is 6.26 Å². The Hall–Kier alpha value is -0.430. The molecule has 0 bridgehead atoms. The number of hydrogen-bond acceptors (Lipinski definition) is 1. The van der Waals surface area contributed by atoms with E-state index in [0.29, 0.717) is 5.41 Å². The van der Waals surface area contributed by atoms with Crippen LogP contribution in [0.15, 0.2) is 29.2 Å². The van der Waals surface area contributed by atoms with Gasteiger partial charge in [0.25, 0.3) is 0 Å². The standard InChI is InChI=1S/C11H14S.C2H6/c1-11(7-8-11)9-5-3-4-6-10(9)12-2;1-2/h3-6H,7-8H2,1-2H3;1-2H3. The van der Waals surface area contributed by atoms with Gasteiger partial charge in [0, 0.05) is 4.90 Å². The van der Waals surface area contributed by atoms with E-state index in [2.05, 4.69) is 37.4 Å². The Morgan fingerprint density at radius 3 is 2.21 bits per heavy atom. The minimum Gasteiger partial charge on any atom is -0.129 e. The first kappa shape index (κ1) is 11.6. The second-order valence-electron chi connectivity index (χ2n) is 3.76. The van der Waals surface area contributed by atoms with Crippen molar-refractivity contribution in [3.05, 3.63) is 29.8 Å². The lowest BCUT2D eigenvalue weighted by Gasteiger charge is -2.12. The molecule has 0 aromatic heterocycles. The predicted molar refractivity (Wildman–Crippen MR) is 66.2 cm³/mol. The van der Waals surface area contributed by atoms with E-state index >= 15 is 0 Å². The molecule has 1 aliphatic carbocycles. The van der Waals surface area contributed by atoms with Crippen LogP contribution < -0.4 is 0 Å². The van der Waals surface area contributed by atoms with Gasteiger partial charge in [0.05, 0.1) is 0 Å². The zero-order valence-corrected chi connectivity index (χ0v) is 10.4. The molecule has 1 fully saturated rings. The van der Waals surface area contributed by atoms with Gasteiger partial charge >= 0.3 is 0 Å². The van der Waals surface area contributed by atoms with Crippen molar-refractivity contribution < 1.29 is 0 Å². The summed E-state index contributed by atoms with van der Waals surface area (Å²) in [5.74, 6) is 0. The second kappa shape index (κ2) is 4.88. The Kier molecular flexibility index (Phi) is 4.06. The van der Waals surface area contributed by atoms with Crippen molar-refractivity contribution in [2.24, 2.45) is 0 Å². The topological polar surface area (TPSA) is 0 Å². The Bertz CT molecular complexity index is 287. The number of rotatable bonds is 2. The molecule has 1 aromatic rings. The van der Waals surface area contributed by atoms with Gasteiger partial charge in [0.15, 0.2) is 0 Å². The lowest BCUT2D eigenvalue weighted by Crippen LogP contribution is -2.00. The van der Waals surface area contributed by atoms with Crippen molar-refractivity contribution in [1.82, 2.24) is 0 Å². The molecule has 0 saturated heterocycles. The molecule has 78 valence electrons. The summed E-state index contributed by atoms with van der Waals surface area (Å²) < 4.78 is 0. The zero-order chi connectivity index (χ0) is 10.6. The smallest absolute Gasteiger partial charge is 0.0107 e. The van der Waals surface area contributed by atoms with E-state index in [1.807, 2.05) is 25.6 Å². The van der Waals surface area contributed by atoms with E-state index in [4.69, 9.17) is 0 Å². The SMILES string of the molecule is CC.CSc1ccccc1C1(C)CC1. The van der Waals surface area contributed by atoms with Gasteiger partial charge in [0.2, 0.25) is 0 Å². The Labute approximate surface area is 92.1 Å². The molecule has 1 saturated carbocycles. The second-order valence-corrected chi connectivity index (χ2v) is 4.61. The van der Waals surface area contributed by atoms with Gasteiger partial charge in [0.1, 0.15) is 0 Å². The molecule has 0 radical (unpaired) electrons. The third-order valence-corrected chi connectivity index (χ3v) is 3.55. The number of thioether (sulfide) groups is 1. The van der Waals surface area contributed by atoms with E-state index in [1.165, 1.54) is 17.7 Å². The molecular weight excluding hydrogens is 188 g/mol. The van der Waals surface area contributed by atoms with Crippen molar-refractivity contribution in [2.45, 2.75) is 43.9 Å². The van der Waals surface area contributed by atoms with Crippen molar-refractivity contribution in [1.29, 1.82) is 0 Å². The van der Waals surface area contributed by atoms with Gasteiger partial charge in [-0.2, -0.15) is 0 Å². The largest absolute Gasteiger partial charge is 0.129 e. The third-order valence-electron chi connectivity index (χ3n) is 2.76. The van der Waals surface area contributed by atoms with Crippen LogP contribution in [0.2, 0.25) is 0 Å². The lowest BCUT2D eigenvalue weighted by molar-refractivity contribution is 0.767. The highest BCUT2D eigenvalue weighted by Gasteiger charge is 2.40. The number of hydrogen-bond donors (Lipinski definition) is 0. The molecule has 0 amide bonds. The maximum atomic E-state index is 2.36. The molecule has 0 unspecified atom stereocenters. The van der Waals surface area contributed by atoms with E-state index in [-0.39, 0.29) is 0 Å². The molecule has 0 heterocycles. The highest BCUT2D eigenvalue weighted by Crippen LogP contribution is 2.50.